The lowest BCUT2D eigenvalue weighted by Gasteiger charge is -2.10. The third kappa shape index (κ3) is 4.13. The van der Waals surface area contributed by atoms with E-state index in [0.717, 1.165) is 5.56 Å². The van der Waals surface area contributed by atoms with Gasteiger partial charge < -0.3 is 4.74 Å². The molecule has 0 N–H and O–H groups in total. The van der Waals surface area contributed by atoms with Crippen molar-refractivity contribution in [1.29, 1.82) is 0 Å². The lowest BCUT2D eigenvalue weighted by Crippen LogP contribution is -2.05. The summed E-state index contributed by atoms with van der Waals surface area (Å²) in [4.78, 5) is 12.3. The van der Waals surface area contributed by atoms with E-state index in [2.05, 4.69) is 0 Å². The van der Waals surface area contributed by atoms with Crippen LogP contribution in [0.5, 0.6) is 5.75 Å². The average molecular weight is 344 g/mol. The standard InChI is InChI=1S/C16H13Cl3O2/c1-2-21-16-9-13(18)12(8-14(16)19)15(20)7-10-3-5-11(17)6-4-10/h3-6,8-9H,2,7H2,1H3. The Morgan fingerprint density at radius 3 is 2.33 bits per heavy atom. The molecule has 0 unspecified atom stereocenters. The Balaban J connectivity index is 2.23. The van der Waals surface area contributed by atoms with E-state index in [-0.39, 0.29) is 12.2 Å². The first-order valence-electron chi connectivity index (χ1n) is 6.40. The Morgan fingerprint density at radius 2 is 1.71 bits per heavy atom. The fraction of sp³-hybridized carbons (Fsp3) is 0.188. The summed E-state index contributed by atoms with van der Waals surface area (Å²) in [6.45, 7) is 2.33. The van der Waals surface area contributed by atoms with Crippen LogP contribution in [0.2, 0.25) is 15.1 Å². The predicted octanol–water partition coefficient (Wildman–Crippen LogP) is 5.47. The van der Waals surface area contributed by atoms with Gasteiger partial charge in [-0.05, 0) is 30.7 Å². The normalized spacial score (nSPS) is 10.5. The number of halogens is 3. The minimum Gasteiger partial charge on any atom is -0.492 e. The molecule has 2 nitrogen and oxygen atoms in total. The minimum atomic E-state index is -0.104. The Hall–Kier alpha value is -1.22. The maximum Gasteiger partial charge on any atom is 0.168 e. The Morgan fingerprint density at radius 1 is 1.05 bits per heavy atom. The van der Waals surface area contributed by atoms with Gasteiger partial charge >= 0.3 is 0 Å². The molecule has 5 heteroatoms. The molecule has 0 aromatic heterocycles. The molecule has 2 aromatic carbocycles. The first-order chi connectivity index (χ1) is 10.0. The van der Waals surface area contributed by atoms with E-state index in [0.29, 0.717) is 33.0 Å². The van der Waals surface area contributed by atoms with Crippen molar-refractivity contribution >= 4 is 40.6 Å². The molecule has 2 aromatic rings. The highest BCUT2D eigenvalue weighted by atomic mass is 35.5. The topological polar surface area (TPSA) is 26.3 Å². The number of carbonyl (C=O) groups is 1. The van der Waals surface area contributed by atoms with Crippen molar-refractivity contribution in [2.45, 2.75) is 13.3 Å². The van der Waals surface area contributed by atoms with Crippen LogP contribution < -0.4 is 4.74 Å². The molecular formula is C16H13Cl3O2. The zero-order valence-corrected chi connectivity index (χ0v) is 13.6. The molecule has 0 aliphatic rings. The second-order valence-electron chi connectivity index (χ2n) is 4.42. The smallest absolute Gasteiger partial charge is 0.168 e. The summed E-state index contributed by atoms with van der Waals surface area (Å²) in [5, 5.41) is 1.34. The number of Topliss-reactive ketones (excluding diaryl/α,β-unsaturated/α-hetero) is 1. The Kier molecular flexibility index (Phi) is 5.51. The molecule has 0 atom stereocenters. The fourth-order valence-corrected chi connectivity index (χ4v) is 2.49. The largest absolute Gasteiger partial charge is 0.492 e. The van der Waals surface area contributed by atoms with Gasteiger partial charge in [0, 0.05) is 23.1 Å². The molecule has 2 rings (SSSR count). The van der Waals surface area contributed by atoms with Gasteiger partial charge in [0.25, 0.3) is 0 Å². The monoisotopic (exact) mass is 342 g/mol. The van der Waals surface area contributed by atoms with E-state index >= 15 is 0 Å². The summed E-state index contributed by atoms with van der Waals surface area (Å²) in [5.41, 5.74) is 1.26. The van der Waals surface area contributed by atoms with E-state index in [1.807, 2.05) is 19.1 Å². The summed E-state index contributed by atoms with van der Waals surface area (Å²) in [6, 6.07) is 10.2. The fourth-order valence-electron chi connectivity index (χ4n) is 1.89. The van der Waals surface area contributed by atoms with Crippen LogP contribution in [-0.2, 0) is 6.42 Å². The number of benzene rings is 2. The molecule has 0 spiro atoms. The Bertz CT molecular complexity index is 651. The van der Waals surface area contributed by atoms with E-state index in [9.17, 15) is 4.79 Å². The lowest BCUT2D eigenvalue weighted by atomic mass is 10.0. The molecular weight excluding hydrogens is 331 g/mol. The molecule has 0 fully saturated rings. The van der Waals surface area contributed by atoms with Crippen molar-refractivity contribution in [3.8, 4) is 5.75 Å². The summed E-state index contributed by atoms with van der Waals surface area (Å²) < 4.78 is 5.34. The molecule has 0 saturated heterocycles. The SMILES string of the molecule is CCOc1cc(Cl)c(C(=O)Cc2ccc(Cl)cc2)cc1Cl. The van der Waals surface area contributed by atoms with Crippen molar-refractivity contribution < 1.29 is 9.53 Å². The van der Waals surface area contributed by atoms with E-state index in [1.165, 1.54) is 0 Å². The molecule has 0 radical (unpaired) electrons. The molecule has 110 valence electrons. The van der Waals surface area contributed by atoms with Crippen molar-refractivity contribution in [2.24, 2.45) is 0 Å². The molecule has 0 aliphatic carbocycles. The molecule has 21 heavy (non-hydrogen) atoms. The lowest BCUT2D eigenvalue weighted by molar-refractivity contribution is 0.0993. The number of ketones is 1. The maximum absolute atomic E-state index is 12.3. The van der Waals surface area contributed by atoms with Gasteiger partial charge in [-0.15, -0.1) is 0 Å². The van der Waals surface area contributed by atoms with Crippen LogP contribution in [0.25, 0.3) is 0 Å². The van der Waals surface area contributed by atoms with Crippen LogP contribution >= 0.6 is 34.8 Å². The third-order valence-corrected chi connectivity index (χ3v) is 3.76. The van der Waals surface area contributed by atoms with Crippen molar-refractivity contribution in [1.82, 2.24) is 0 Å². The van der Waals surface area contributed by atoms with Gasteiger partial charge in [0.15, 0.2) is 5.78 Å². The zero-order valence-electron chi connectivity index (χ0n) is 11.3. The van der Waals surface area contributed by atoms with Gasteiger partial charge in [0.05, 0.1) is 16.7 Å². The second-order valence-corrected chi connectivity index (χ2v) is 5.67. The highest BCUT2D eigenvalue weighted by Gasteiger charge is 2.15. The summed E-state index contributed by atoms with van der Waals surface area (Å²) in [6.07, 6.45) is 0.237. The van der Waals surface area contributed by atoms with Gasteiger partial charge in [-0.3, -0.25) is 4.79 Å². The highest BCUT2D eigenvalue weighted by molar-refractivity contribution is 6.36. The van der Waals surface area contributed by atoms with Crippen LogP contribution in [0.3, 0.4) is 0 Å². The second kappa shape index (κ2) is 7.17. The van der Waals surface area contributed by atoms with Crippen molar-refractivity contribution in [3.63, 3.8) is 0 Å². The van der Waals surface area contributed by atoms with E-state index < -0.39 is 0 Å². The number of hydrogen-bond acceptors (Lipinski definition) is 2. The van der Waals surface area contributed by atoms with Crippen molar-refractivity contribution in [2.75, 3.05) is 6.61 Å². The minimum absolute atomic E-state index is 0.104. The van der Waals surface area contributed by atoms with Crippen LogP contribution in [-0.4, -0.2) is 12.4 Å². The number of ether oxygens (including phenoxy) is 1. The first kappa shape index (κ1) is 16.2. The molecule has 0 heterocycles. The zero-order chi connectivity index (χ0) is 15.4. The molecule has 0 saturated carbocycles. The average Bonchev–Trinajstić information content (AvgIpc) is 2.45. The summed E-state index contributed by atoms with van der Waals surface area (Å²) >= 11 is 18.1. The molecule has 0 aliphatic heterocycles. The number of hydrogen-bond donors (Lipinski definition) is 0. The first-order valence-corrected chi connectivity index (χ1v) is 7.54. The summed E-state index contributed by atoms with van der Waals surface area (Å²) in [7, 11) is 0. The summed E-state index contributed by atoms with van der Waals surface area (Å²) in [5.74, 6) is 0.375. The van der Waals surface area contributed by atoms with Gasteiger partial charge in [0.2, 0.25) is 0 Å². The van der Waals surface area contributed by atoms with Gasteiger partial charge in [-0.25, -0.2) is 0 Å². The Labute approximate surface area is 138 Å². The van der Waals surface area contributed by atoms with Crippen LogP contribution in [0.15, 0.2) is 36.4 Å². The third-order valence-electron chi connectivity index (χ3n) is 2.90. The molecule has 0 amide bonds. The van der Waals surface area contributed by atoms with Gasteiger partial charge in [0.1, 0.15) is 5.75 Å². The van der Waals surface area contributed by atoms with Gasteiger partial charge in [-0.2, -0.15) is 0 Å². The van der Waals surface area contributed by atoms with E-state index in [1.54, 1.807) is 24.3 Å². The highest BCUT2D eigenvalue weighted by Crippen LogP contribution is 2.32. The van der Waals surface area contributed by atoms with Crippen LogP contribution in [0.4, 0.5) is 0 Å². The van der Waals surface area contributed by atoms with Crippen molar-refractivity contribution in [3.05, 3.63) is 62.6 Å². The van der Waals surface area contributed by atoms with Crippen LogP contribution in [0, 0.1) is 0 Å². The predicted molar refractivity (Wildman–Crippen MR) is 87.1 cm³/mol. The maximum atomic E-state index is 12.3. The molecule has 0 bridgehead atoms. The quantitative estimate of drug-likeness (QED) is 0.673. The van der Waals surface area contributed by atoms with Gasteiger partial charge in [-0.1, -0.05) is 46.9 Å². The number of rotatable bonds is 5. The number of carbonyl (C=O) groups excluding carboxylic acids is 1. The van der Waals surface area contributed by atoms with Crippen LogP contribution in [0.1, 0.15) is 22.8 Å². The van der Waals surface area contributed by atoms with E-state index in [4.69, 9.17) is 39.5 Å².